The van der Waals surface area contributed by atoms with Gasteiger partial charge in [0.1, 0.15) is 0 Å². The highest BCUT2D eigenvalue weighted by atomic mass is 15.4. The van der Waals surface area contributed by atoms with Crippen molar-refractivity contribution in [2.45, 2.75) is 51.4 Å². The van der Waals surface area contributed by atoms with Crippen molar-refractivity contribution >= 4 is 16.7 Å². The average molecular weight is 327 g/mol. The molecule has 130 valence electrons. The van der Waals surface area contributed by atoms with Gasteiger partial charge in [-0.2, -0.15) is 5.10 Å². The molecule has 0 spiro atoms. The first-order chi connectivity index (χ1) is 11.6. The van der Waals surface area contributed by atoms with Gasteiger partial charge < -0.3 is 10.2 Å². The lowest BCUT2D eigenvalue weighted by atomic mass is 10.0. The third-order valence-electron chi connectivity index (χ3n) is 5.49. The minimum atomic E-state index is 0.476. The maximum absolute atomic E-state index is 4.90. The third kappa shape index (κ3) is 2.80. The Balaban J connectivity index is 1.69. The van der Waals surface area contributed by atoms with Crippen LogP contribution in [0, 0.1) is 0 Å². The van der Waals surface area contributed by atoms with E-state index >= 15 is 0 Å². The van der Waals surface area contributed by atoms with Gasteiger partial charge in [0.25, 0.3) is 0 Å². The summed E-state index contributed by atoms with van der Waals surface area (Å²) in [4.78, 5) is 5.24. The zero-order valence-corrected chi connectivity index (χ0v) is 15.1. The molecule has 2 aliphatic heterocycles. The van der Waals surface area contributed by atoms with Crippen LogP contribution in [0.5, 0.6) is 0 Å². The van der Waals surface area contributed by atoms with Gasteiger partial charge in [-0.1, -0.05) is 12.1 Å². The Morgan fingerprint density at radius 1 is 1.08 bits per heavy atom. The fourth-order valence-corrected chi connectivity index (χ4v) is 4.56. The minimum Gasteiger partial charge on any atom is -0.339 e. The van der Waals surface area contributed by atoms with E-state index in [1.807, 2.05) is 4.68 Å². The number of piperidine rings is 1. The van der Waals surface area contributed by atoms with Crippen molar-refractivity contribution < 1.29 is 0 Å². The van der Waals surface area contributed by atoms with E-state index in [-0.39, 0.29) is 0 Å². The van der Waals surface area contributed by atoms with E-state index in [1.165, 1.54) is 30.2 Å². The Bertz CT molecular complexity index is 699. The van der Waals surface area contributed by atoms with Crippen LogP contribution in [0.15, 0.2) is 24.3 Å². The van der Waals surface area contributed by atoms with Crippen molar-refractivity contribution in [3.8, 4) is 0 Å². The molecule has 5 heteroatoms. The van der Waals surface area contributed by atoms with Crippen LogP contribution in [0.2, 0.25) is 0 Å². The van der Waals surface area contributed by atoms with Crippen molar-refractivity contribution in [2.75, 3.05) is 24.5 Å². The van der Waals surface area contributed by atoms with Crippen LogP contribution in [-0.2, 0) is 7.05 Å². The lowest BCUT2D eigenvalue weighted by Gasteiger charge is -2.47. The van der Waals surface area contributed by atoms with E-state index in [9.17, 15) is 0 Å². The van der Waals surface area contributed by atoms with Crippen LogP contribution >= 0.6 is 0 Å². The predicted octanol–water partition coefficient (Wildman–Crippen LogP) is 2.57. The number of fused-ring (bicyclic) bond motifs is 1. The molecule has 1 aromatic heterocycles. The third-order valence-corrected chi connectivity index (χ3v) is 5.49. The van der Waals surface area contributed by atoms with E-state index in [4.69, 9.17) is 5.10 Å². The Labute approximate surface area is 144 Å². The Morgan fingerprint density at radius 3 is 2.62 bits per heavy atom. The van der Waals surface area contributed by atoms with Crippen LogP contribution < -0.4 is 10.2 Å². The standard InChI is InChI=1S/C19H29N5/c1-14-12-23(13-15(2)20-14)18-10-6-7-11-24(18)19-16-8-4-5-9-17(16)22(3)21-19/h4-5,8-9,14-15,18,20H,6-7,10-13H2,1-3H3. The lowest BCUT2D eigenvalue weighted by Crippen LogP contribution is -2.61. The summed E-state index contributed by atoms with van der Waals surface area (Å²) in [5.41, 5.74) is 1.22. The number of hydrogen-bond donors (Lipinski definition) is 1. The summed E-state index contributed by atoms with van der Waals surface area (Å²) >= 11 is 0. The van der Waals surface area contributed by atoms with Gasteiger partial charge in [0.15, 0.2) is 5.82 Å². The summed E-state index contributed by atoms with van der Waals surface area (Å²) in [6, 6.07) is 9.71. The van der Waals surface area contributed by atoms with E-state index in [2.05, 4.69) is 60.3 Å². The molecule has 2 aliphatic rings. The number of nitrogens with zero attached hydrogens (tertiary/aromatic N) is 4. The molecule has 0 radical (unpaired) electrons. The average Bonchev–Trinajstić information content (AvgIpc) is 2.91. The summed E-state index contributed by atoms with van der Waals surface area (Å²) in [7, 11) is 2.06. The molecule has 2 aromatic rings. The molecule has 2 saturated heterocycles. The fraction of sp³-hybridized carbons (Fsp3) is 0.632. The Morgan fingerprint density at radius 2 is 1.83 bits per heavy atom. The van der Waals surface area contributed by atoms with E-state index < -0.39 is 0 Å². The van der Waals surface area contributed by atoms with Crippen molar-refractivity contribution in [2.24, 2.45) is 7.05 Å². The zero-order valence-electron chi connectivity index (χ0n) is 15.1. The van der Waals surface area contributed by atoms with Crippen LogP contribution in [0.25, 0.3) is 10.9 Å². The van der Waals surface area contributed by atoms with E-state index in [0.717, 1.165) is 25.5 Å². The van der Waals surface area contributed by atoms with Gasteiger partial charge in [-0.15, -0.1) is 0 Å². The van der Waals surface area contributed by atoms with Crippen molar-refractivity contribution in [3.63, 3.8) is 0 Å². The number of nitrogens with one attached hydrogen (secondary N) is 1. The maximum Gasteiger partial charge on any atom is 0.159 e. The number of aryl methyl sites for hydroxylation is 1. The first-order valence-corrected chi connectivity index (χ1v) is 9.32. The first kappa shape index (κ1) is 15.9. The molecule has 0 bridgehead atoms. The summed E-state index contributed by atoms with van der Waals surface area (Å²) in [5, 5.41) is 9.83. The molecule has 3 unspecified atom stereocenters. The Kier molecular flexibility index (Phi) is 4.22. The summed E-state index contributed by atoms with van der Waals surface area (Å²) in [5.74, 6) is 1.16. The highest BCUT2D eigenvalue weighted by Crippen LogP contribution is 2.32. The van der Waals surface area contributed by atoms with Crippen LogP contribution in [0.1, 0.15) is 33.1 Å². The van der Waals surface area contributed by atoms with Crippen molar-refractivity contribution in [1.29, 1.82) is 0 Å². The van der Waals surface area contributed by atoms with Crippen LogP contribution in [0.3, 0.4) is 0 Å². The SMILES string of the molecule is CC1CN(C2CCCCN2c2nn(C)c3ccccc23)CC(C)N1. The predicted molar refractivity (Wildman–Crippen MR) is 99.3 cm³/mol. The van der Waals surface area contributed by atoms with Gasteiger partial charge in [-0.05, 0) is 45.2 Å². The number of benzene rings is 1. The molecular formula is C19H29N5. The number of aromatic nitrogens is 2. The quantitative estimate of drug-likeness (QED) is 0.920. The second-order valence-corrected chi connectivity index (χ2v) is 7.56. The fourth-order valence-electron chi connectivity index (χ4n) is 4.56. The molecule has 3 heterocycles. The topological polar surface area (TPSA) is 36.3 Å². The highest BCUT2D eigenvalue weighted by Gasteiger charge is 2.34. The monoisotopic (exact) mass is 327 g/mol. The molecule has 0 amide bonds. The van der Waals surface area contributed by atoms with Gasteiger partial charge in [0.05, 0.1) is 11.7 Å². The van der Waals surface area contributed by atoms with Gasteiger partial charge in [0.2, 0.25) is 0 Å². The zero-order chi connectivity index (χ0) is 16.7. The summed E-state index contributed by atoms with van der Waals surface area (Å²) < 4.78 is 2.03. The molecule has 5 nitrogen and oxygen atoms in total. The molecule has 3 atom stereocenters. The second-order valence-electron chi connectivity index (χ2n) is 7.56. The number of anilines is 1. The first-order valence-electron chi connectivity index (χ1n) is 9.32. The molecule has 0 aliphatic carbocycles. The lowest BCUT2D eigenvalue weighted by molar-refractivity contribution is 0.104. The molecular weight excluding hydrogens is 298 g/mol. The second kappa shape index (κ2) is 6.37. The van der Waals surface area contributed by atoms with Gasteiger partial charge >= 0.3 is 0 Å². The number of hydrogen-bond acceptors (Lipinski definition) is 4. The number of rotatable bonds is 2. The van der Waals surface area contributed by atoms with Crippen LogP contribution in [-0.4, -0.2) is 52.6 Å². The van der Waals surface area contributed by atoms with E-state index in [1.54, 1.807) is 0 Å². The largest absolute Gasteiger partial charge is 0.339 e. The minimum absolute atomic E-state index is 0.476. The summed E-state index contributed by atoms with van der Waals surface area (Å²) in [6.45, 7) is 7.95. The molecule has 24 heavy (non-hydrogen) atoms. The van der Waals surface area contributed by atoms with Gasteiger partial charge in [-0.3, -0.25) is 9.58 Å². The molecule has 4 rings (SSSR count). The van der Waals surface area contributed by atoms with Gasteiger partial charge in [-0.25, -0.2) is 0 Å². The molecule has 1 aromatic carbocycles. The van der Waals surface area contributed by atoms with Crippen molar-refractivity contribution in [1.82, 2.24) is 20.0 Å². The number of para-hydroxylation sites is 1. The van der Waals surface area contributed by atoms with Crippen LogP contribution in [0.4, 0.5) is 5.82 Å². The van der Waals surface area contributed by atoms with Gasteiger partial charge in [0, 0.05) is 44.2 Å². The number of piperazine rings is 1. The highest BCUT2D eigenvalue weighted by molar-refractivity contribution is 5.90. The smallest absolute Gasteiger partial charge is 0.159 e. The molecule has 2 fully saturated rings. The summed E-state index contributed by atoms with van der Waals surface area (Å²) in [6.07, 6.45) is 4.30. The molecule has 1 N–H and O–H groups in total. The van der Waals surface area contributed by atoms with Crippen molar-refractivity contribution in [3.05, 3.63) is 24.3 Å². The van der Waals surface area contributed by atoms with E-state index in [0.29, 0.717) is 18.2 Å². The maximum atomic E-state index is 4.90. The molecule has 0 saturated carbocycles. The normalized spacial score (nSPS) is 29.3. The Hall–Kier alpha value is -1.59.